The maximum absolute atomic E-state index is 11.2. The third-order valence-electron chi connectivity index (χ3n) is 3.19. The SMILES string of the molecule is CC(C)CCN(C(C)CC(=O)NN)C1CC1. The van der Waals surface area contributed by atoms with Gasteiger partial charge in [0.1, 0.15) is 0 Å². The summed E-state index contributed by atoms with van der Waals surface area (Å²) >= 11 is 0. The average molecular weight is 227 g/mol. The number of rotatable bonds is 7. The summed E-state index contributed by atoms with van der Waals surface area (Å²) in [6.07, 6.45) is 4.27. The van der Waals surface area contributed by atoms with Crippen LogP contribution >= 0.6 is 0 Å². The summed E-state index contributed by atoms with van der Waals surface area (Å²) in [5.74, 6) is 5.77. The number of nitrogens with two attached hydrogens (primary N) is 1. The molecule has 1 aliphatic rings. The second-order valence-corrected chi connectivity index (χ2v) is 5.27. The largest absolute Gasteiger partial charge is 0.297 e. The number of hydrazine groups is 1. The number of carbonyl (C=O) groups excluding carboxylic acids is 1. The van der Waals surface area contributed by atoms with E-state index < -0.39 is 0 Å². The van der Waals surface area contributed by atoms with Crippen LogP contribution in [0.5, 0.6) is 0 Å². The molecule has 94 valence electrons. The van der Waals surface area contributed by atoms with Crippen molar-refractivity contribution in [1.82, 2.24) is 10.3 Å². The van der Waals surface area contributed by atoms with Crippen molar-refractivity contribution in [2.45, 2.75) is 58.5 Å². The number of nitrogens with one attached hydrogen (secondary N) is 1. The van der Waals surface area contributed by atoms with Gasteiger partial charge in [0.05, 0.1) is 0 Å². The van der Waals surface area contributed by atoms with E-state index in [1.807, 2.05) is 0 Å². The van der Waals surface area contributed by atoms with Crippen molar-refractivity contribution < 1.29 is 4.79 Å². The second-order valence-electron chi connectivity index (χ2n) is 5.27. The Bertz CT molecular complexity index is 226. The Morgan fingerprint density at radius 3 is 2.50 bits per heavy atom. The van der Waals surface area contributed by atoms with E-state index in [-0.39, 0.29) is 5.91 Å². The van der Waals surface area contributed by atoms with E-state index >= 15 is 0 Å². The number of hydrogen-bond donors (Lipinski definition) is 2. The number of amides is 1. The van der Waals surface area contributed by atoms with Crippen molar-refractivity contribution in [3.63, 3.8) is 0 Å². The van der Waals surface area contributed by atoms with Crippen molar-refractivity contribution in [1.29, 1.82) is 0 Å². The van der Waals surface area contributed by atoms with Crippen molar-refractivity contribution in [3.05, 3.63) is 0 Å². The van der Waals surface area contributed by atoms with Crippen molar-refractivity contribution in [3.8, 4) is 0 Å². The van der Waals surface area contributed by atoms with Crippen LogP contribution in [-0.2, 0) is 4.79 Å². The molecule has 16 heavy (non-hydrogen) atoms. The van der Waals surface area contributed by atoms with E-state index in [9.17, 15) is 4.79 Å². The lowest BCUT2D eigenvalue weighted by molar-refractivity contribution is -0.122. The lowest BCUT2D eigenvalue weighted by Gasteiger charge is -2.29. The van der Waals surface area contributed by atoms with Gasteiger partial charge in [-0.15, -0.1) is 0 Å². The molecule has 0 radical (unpaired) electrons. The third kappa shape index (κ3) is 4.49. The van der Waals surface area contributed by atoms with Gasteiger partial charge in [0, 0.05) is 18.5 Å². The minimum atomic E-state index is -0.0669. The molecule has 0 bridgehead atoms. The lowest BCUT2D eigenvalue weighted by Crippen LogP contribution is -2.41. The normalized spacial score (nSPS) is 17.9. The first-order valence-corrected chi connectivity index (χ1v) is 6.29. The van der Waals surface area contributed by atoms with Gasteiger partial charge in [0.25, 0.3) is 0 Å². The van der Waals surface area contributed by atoms with Gasteiger partial charge in [-0.1, -0.05) is 13.8 Å². The Morgan fingerprint density at radius 1 is 1.44 bits per heavy atom. The van der Waals surface area contributed by atoms with Gasteiger partial charge in [-0.3, -0.25) is 15.1 Å². The molecule has 0 saturated heterocycles. The molecule has 1 fully saturated rings. The highest BCUT2D eigenvalue weighted by molar-refractivity contribution is 5.75. The highest BCUT2D eigenvalue weighted by atomic mass is 16.2. The van der Waals surface area contributed by atoms with E-state index in [2.05, 4.69) is 31.1 Å². The average Bonchev–Trinajstić information content (AvgIpc) is 3.01. The van der Waals surface area contributed by atoms with Crippen molar-refractivity contribution in [2.24, 2.45) is 11.8 Å². The summed E-state index contributed by atoms with van der Waals surface area (Å²) in [4.78, 5) is 13.7. The first-order chi connectivity index (χ1) is 7.54. The summed E-state index contributed by atoms with van der Waals surface area (Å²) in [5.41, 5.74) is 2.21. The molecule has 1 unspecified atom stereocenters. The van der Waals surface area contributed by atoms with E-state index in [1.54, 1.807) is 0 Å². The Balaban J connectivity index is 2.39. The summed E-state index contributed by atoms with van der Waals surface area (Å²) in [6, 6.07) is 1.01. The molecule has 0 aliphatic heterocycles. The molecule has 0 aromatic rings. The molecule has 4 heteroatoms. The summed E-state index contributed by atoms with van der Waals surface area (Å²) in [7, 11) is 0. The van der Waals surface area contributed by atoms with Gasteiger partial charge in [-0.05, 0) is 38.6 Å². The predicted molar refractivity (Wildman–Crippen MR) is 65.6 cm³/mol. The minimum Gasteiger partial charge on any atom is -0.297 e. The molecule has 1 saturated carbocycles. The van der Waals surface area contributed by atoms with Crippen LogP contribution in [0.3, 0.4) is 0 Å². The van der Waals surface area contributed by atoms with Crippen LogP contribution in [0.15, 0.2) is 0 Å². The van der Waals surface area contributed by atoms with Gasteiger partial charge in [-0.2, -0.15) is 0 Å². The van der Waals surface area contributed by atoms with Crippen molar-refractivity contribution >= 4 is 5.91 Å². The number of nitrogens with zero attached hydrogens (tertiary/aromatic N) is 1. The van der Waals surface area contributed by atoms with Crippen LogP contribution in [0.25, 0.3) is 0 Å². The standard InChI is InChI=1S/C12H25N3O/c1-9(2)6-7-15(11-4-5-11)10(3)8-12(16)14-13/h9-11H,4-8,13H2,1-3H3,(H,14,16). The Hall–Kier alpha value is -0.610. The molecule has 1 amide bonds. The van der Waals surface area contributed by atoms with Crippen LogP contribution in [0, 0.1) is 5.92 Å². The molecule has 1 aliphatic carbocycles. The van der Waals surface area contributed by atoms with Crippen LogP contribution < -0.4 is 11.3 Å². The highest BCUT2D eigenvalue weighted by Gasteiger charge is 2.32. The summed E-state index contributed by atoms with van der Waals surface area (Å²) in [5, 5.41) is 0. The van der Waals surface area contributed by atoms with Gasteiger partial charge >= 0.3 is 0 Å². The summed E-state index contributed by atoms with van der Waals surface area (Å²) < 4.78 is 0. The van der Waals surface area contributed by atoms with E-state index in [1.165, 1.54) is 19.3 Å². The molecular weight excluding hydrogens is 202 g/mol. The van der Waals surface area contributed by atoms with E-state index in [0.717, 1.165) is 12.5 Å². The molecule has 1 rings (SSSR count). The maximum Gasteiger partial charge on any atom is 0.235 e. The monoisotopic (exact) mass is 227 g/mol. The molecule has 4 nitrogen and oxygen atoms in total. The molecule has 1 atom stereocenters. The van der Waals surface area contributed by atoms with Crippen LogP contribution in [0.1, 0.15) is 46.5 Å². The number of carbonyl (C=O) groups is 1. The van der Waals surface area contributed by atoms with Crippen LogP contribution in [0.4, 0.5) is 0 Å². The van der Waals surface area contributed by atoms with Crippen LogP contribution in [0.2, 0.25) is 0 Å². The molecule has 0 aromatic carbocycles. The molecule has 3 N–H and O–H groups in total. The highest BCUT2D eigenvalue weighted by Crippen LogP contribution is 2.29. The zero-order chi connectivity index (χ0) is 12.1. The molecule has 0 spiro atoms. The first kappa shape index (κ1) is 13.5. The predicted octanol–water partition coefficient (Wildman–Crippen LogP) is 1.27. The Labute approximate surface area is 98.5 Å². The quantitative estimate of drug-likeness (QED) is 0.391. The fourth-order valence-electron chi connectivity index (χ4n) is 2.02. The Kier molecular flexibility index (Phi) is 5.22. The zero-order valence-corrected chi connectivity index (χ0v) is 10.7. The lowest BCUT2D eigenvalue weighted by atomic mass is 10.1. The van der Waals surface area contributed by atoms with Gasteiger partial charge in [0.2, 0.25) is 5.91 Å². The van der Waals surface area contributed by atoms with Crippen LogP contribution in [-0.4, -0.2) is 29.4 Å². The molecule has 0 aromatic heterocycles. The van der Waals surface area contributed by atoms with Crippen molar-refractivity contribution in [2.75, 3.05) is 6.54 Å². The van der Waals surface area contributed by atoms with Gasteiger partial charge in [-0.25, -0.2) is 5.84 Å². The van der Waals surface area contributed by atoms with Gasteiger partial charge < -0.3 is 0 Å². The Morgan fingerprint density at radius 2 is 2.06 bits per heavy atom. The fraction of sp³-hybridized carbons (Fsp3) is 0.917. The number of hydrogen-bond acceptors (Lipinski definition) is 3. The van der Waals surface area contributed by atoms with E-state index in [4.69, 9.17) is 5.84 Å². The fourth-order valence-corrected chi connectivity index (χ4v) is 2.02. The van der Waals surface area contributed by atoms with Gasteiger partial charge in [0.15, 0.2) is 0 Å². The first-order valence-electron chi connectivity index (χ1n) is 6.29. The second kappa shape index (κ2) is 6.21. The van der Waals surface area contributed by atoms with E-state index in [0.29, 0.717) is 18.5 Å². The maximum atomic E-state index is 11.2. The third-order valence-corrected chi connectivity index (χ3v) is 3.19. The molecule has 0 heterocycles. The topological polar surface area (TPSA) is 58.4 Å². The summed E-state index contributed by atoms with van der Waals surface area (Å²) in [6.45, 7) is 7.69. The smallest absolute Gasteiger partial charge is 0.235 e. The minimum absolute atomic E-state index is 0.0669. The zero-order valence-electron chi connectivity index (χ0n) is 10.7. The molecular formula is C12H25N3O.